The maximum absolute atomic E-state index is 11.9. The predicted octanol–water partition coefficient (Wildman–Crippen LogP) is 3.68. The summed E-state index contributed by atoms with van der Waals surface area (Å²) in [5.41, 5.74) is 2.35. The molecule has 2 aromatic rings. The molecule has 2 aromatic carbocycles. The average molecular weight is 486 g/mol. The Labute approximate surface area is 205 Å². The number of rotatable bonds is 9. The Morgan fingerprint density at radius 2 is 1.65 bits per heavy atom. The van der Waals surface area contributed by atoms with Gasteiger partial charge in [-0.05, 0) is 74.9 Å². The maximum Gasteiger partial charge on any atom is 0.208 e. The first-order chi connectivity index (χ1) is 16.4. The molecule has 186 valence electrons. The van der Waals surface area contributed by atoms with Gasteiger partial charge in [-0.1, -0.05) is 42.5 Å². The second-order valence-corrected chi connectivity index (χ2v) is 11.9. The molecular formula is C27H39N3O3S. The van der Waals surface area contributed by atoms with Crippen molar-refractivity contribution in [1.82, 2.24) is 14.9 Å². The van der Waals surface area contributed by atoms with Crippen molar-refractivity contribution in [2.75, 3.05) is 33.0 Å². The fraction of sp³-hybridized carbons (Fsp3) is 0.556. The summed E-state index contributed by atoms with van der Waals surface area (Å²) >= 11 is 0. The van der Waals surface area contributed by atoms with E-state index in [4.69, 9.17) is 4.74 Å². The molecule has 1 saturated heterocycles. The van der Waals surface area contributed by atoms with E-state index in [0.717, 1.165) is 56.6 Å². The van der Waals surface area contributed by atoms with Gasteiger partial charge < -0.3 is 10.1 Å². The third-order valence-electron chi connectivity index (χ3n) is 7.61. The third-order valence-corrected chi connectivity index (χ3v) is 8.27. The Balaban J connectivity index is 1.32. The van der Waals surface area contributed by atoms with Crippen LogP contribution in [-0.4, -0.2) is 58.4 Å². The number of benzene rings is 2. The second kappa shape index (κ2) is 11.2. The second-order valence-electron chi connectivity index (χ2n) is 10.1. The smallest absolute Gasteiger partial charge is 0.208 e. The molecule has 2 aliphatic rings. The predicted molar refractivity (Wildman–Crippen MR) is 138 cm³/mol. The van der Waals surface area contributed by atoms with E-state index in [1.165, 1.54) is 24.7 Å². The highest BCUT2D eigenvalue weighted by Gasteiger charge is 2.38. The number of piperidine rings is 1. The minimum atomic E-state index is -3.25. The number of nitrogens with one attached hydrogen (secondary N) is 2. The first kappa shape index (κ1) is 25.2. The van der Waals surface area contributed by atoms with E-state index in [-0.39, 0.29) is 5.41 Å². The van der Waals surface area contributed by atoms with Crippen molar-refractivity contribution in [2.45, 2.75) is 62.6 Å². The third kappa shape index (κ3) is 6.81. The molecule has 0 spiro atoms. The normalized spacial score (nSPS) is 24.7. The van der Waals surface area contributed by atoms with Gasteiger partial charge in [-0.25, -0.2) is 13.1 Å². The van der Waals surface area contributed by atoms with Crippen LogP contribution >= 0.6 is 0 Å². The maximum atomic E-state index is 11.9. The van der Waals surface area contributed by atoms with Crippen LogP contribution in [0.15, 0.2) is 54.6 Å². The van der Waals surface area contributed by atoms with Gasteiger partial charge in [-0.2, -0.15) is 0 Å². The van der Waals surface area contributed by atoms with Crippen LogP contribution in [0.1, 0.15) is 49.7 Å². The molecule has 7 heteroatoms. The van der Waals surface area contributed by atoms with Crippen LogP contribution < -0.4 is 14.8 Å². The van der Waals surface area contributed by atoms with Gasteiger partial charge in [0.05, 0.1) is 13.4 Å². The number of hydrogen-bond acceptors (Lipinski definition) is 5. The molecule has 1 aliphatic carbocycles. The minimum Gasteiger partial charge on any atom is -0.497 e. The highest BCUT2D eigenvalue weighted by molar-refractivity contribution is 7.88. The van der Waals surface area contributed by atoms with Crippen molar-refractivity contribution in [1.29, 1.82) is 0 Å². The topological polar surface area (TPSA) is 70.7 Å². The average Bonchev–Trinajstić information content (AvgIpc) is 2.85. The van der Waals surface area contributed by atoms with E-state index < -0.39 is 10.0 Å². The van der Waals surface area contributed by atoms with Crippen molar-refractivity contribution in [3.8, 4) is 5.75 Å². The molecule has 34 heavy (non-hydrogen) atoms. The Bertz CT molecular complexity index is 1010. The highest BCUT2D eigenvalue weighted by Crippen LogP contribution is 2.40. The van der Waals surface area contributed by atoms with Crippen LogP contribution in [0.25, 0.3) is 0 Å². The summed E-state index contributed by atoms with van der Waals surface area (Å²) < 4.78 is 32.0. The number of ether oxygens (including phenoxy) is 1. The van der Waals surface area contributed by atoms with Gasteiger partial charge in [0, 0.05) is 30.6 Å². The first-order valence-electron chi connectivity index (χ1n) is 12.5. The van der Waals surface area contributed by atoms with Crippen LogP contribution in [0.4, 0.5) is 0 Å². The molecule has 2 fully saturated rings. The lowest BCUT2D eigenvalue weighted by Gasteiger charge is -2.43. The van der Waals surface area contributed by atoms with Gasteiger partial charge in [-0.3, -0.25) is 4.90 Å². The molecule has 1 saturated carbocycles. The summed E-state index contributed by atoms with van der Waals surface area (Å²) in [4.78, 5) is 2.55. The van der Waals surface area contributed by atoms with Crippen molar-refractivity contribution in [3.63, 3.8) is 0 Å². The number of likely N-dealkylation sites (tertiary alicyclic amines) is 1. The summed E-state index contributed by atoms with van der Waals surface area (Å²) in [7, 11) is -1.58. The summed E-state index contributed by atoms with van der Waals surface area (Å²) in [5, 5.41) is 3.94. The zero-order valence-electron chi connectivity index (χ0n) is 20.5. The van der Waals surface area contributed by atoms with Crippen LogP contribution in [0.5, 0.6) is 5.75 Å². The number of sulfonamides is 1. The van der Waals surface area contributed by atoms with E-state index in [0.29, 0.717) is 18.6 Å². The lowest BCUT2D eigenvalue weighted by molar-refractivity contribution is 0.167. The Hall–Kier alpha value is -1.93. The summed E-state index contributed by atoms with van der Waals surface area (Å²) in [5.74, 6) is 0.818. The zero-order chi connectivity index (χ0) is 24.0. The SMILES string of the molecule is COc1cccc([C@]2(CNS(C)(=O)=O)CC[C@H](NC3CCN(Cc4ccccc4)CC3)CC2)c1. The van der Waals surface area contributed by atoms with E-state index in [9.17, 15) is 8.42 Å². The molecule has 0 amide bonds. The van der Waals surface area contributed by atoms with Crippen LogP contribution in [0, 0.1) is 0 Å². The minimum absolute atomic E-state index is 0.200. The molecule has 0 aromatic heterocycles. The Morgan fingerprint density at radius 1 is 0.971 bits per heavy atom. The van der Waals surface area contributed by atoms with Crippen LogP contribution in [0.3, 0.4) is 0 Å². The monoisotopic (exact) mass is 485 g/mol. The highest BCUT2D eigenvalue weighted by atomic mass is 32.2. The molecule has 1 aliphatic heterocycles. The fourth-order valence-corrected chi connectivity index (χ4v) is 6.10. The van der Waals surface area contributed by atoms with Gasteiger partial charge in [0.2, 0.25) is 10.0 Å². The molecule has 2 N–H and O–H groups in total. The molecular weight excluding hydrogens is 446 g/mol. The molecule has 1 heterocycles. The molecule has 0 atom stereocenters. The van der Waals surface area contributed by atoms with E-state index >= 15 is 0 Å². The Morgan fingerprint density at radius 3 is 2.29 bits per heavy atom. The van der Waals surface area contributed by atoms with E-state index in [1.807, 2.05) is 12.1 Å². The summed E-state index contributed by atoms with van der Waals surface area (Å²) in [6.45, 7) is 3.73. The fourth-order valence-electron chi connectivity index (χ4n) is 5.56. The molecule has 6 nitrogen and oxygen atoms in total. The van der Waals surface area contributed by atoms with Crippen molar-refractivity contribution >= 4 is 10.0 Å². The van der Waals surface area contributed by atoms with Crippen LogP contribution in [-0.2, 0) is 22.0 Å². The van der Waals surface area contributed by atoms with Crippen LogP contribution in [0.2, 0.25) is 0 Å². The van der Waals surface area contributed by atoms with Gasteiger partial charge >= 0.3 is 0 Å². The van der Waals surface area contributed by atoms with E-state index in [1.54, 1.807) is 7.11 Å². The zero-order valence-corrected chi connectivity index (χ0v) is 21.3. The van der Waals surface area contributed by atoms with Crippen molar-refractivity contribution in [2.24, 2.45) is 0 Å². The summed E-state index contributed by atoms with van der Waals surface area (Å²) in [6, 6.07) is 19.9. The lowest BCUT2D eigenvalue weighted by atomic mass is 9.68. The molecule has 0 unspecified atom stereocenters. The van der Waals surface area contributed by atoms with Gasteiger partial charge in [0.25, 0.3) is 0 Å². The first-order valence-corrected chi connectivity index (χ1v) is 14.4. The number of nitrogens with zero attached hydrogens (tertiary/aromatic N) is 1. The lowest BCUT2D eigenvalue weighted by Crippen LogP contribution is -2.50. The Kier molecular flexibility index (Phi) is 8.30. The standard InChI is InChI=1S/C27H39N3O3S/c1-33-26-10-6-9-23(19-26)27(21-28-34(2,31)32)15-11-24(12-16-27)29-25-13-17-30(18-14-25)20-22-7-4-3-5-8-22/h3-10,19,24-25,28-29H,11-18,20-21H2,1-2H3/t24-,27+. The van der Waals surface area contributed by atoms with Gasteiger partial charge in [0.15, 0.2) is 0 Å². The van der Waals surface area contributed by atoms with Gasteiger partial charge in [0.1, 0.15) is 5.75 Å². The van der Waals surface area contributed by atoms with E-state index in [2.05, 4.69) is 57.4 Å². The largest absolute Gasteiger partial charge is 0.497 e. The molecule has 0 bridgehead atoms. The number of hydrogen-bond donors (Lipinski definition) is 2. The molecule has 0 radical (unpaired) electrons. The summed E-state index contributed by atoms with van der Waals surface area (Å²) in [6.07, 6.45) is 7.60. The van der Waals surface area contributed by atoms with Crippen molar-refractivity contribution in [3.05, 3.63) is 65.7 Å². The van der Waals surface area contributed by atoms with Gasteiger partial charge in [-0.15, -0.1) is 0 Å². The van der Waals surface area contributed by atoms with Crippen molar-refractivity contribution < 1.29 is 13.2 Å². The molecule has 4 rings (SSSR count). The quantitative estimate of drug-likeness (QED) is 0.567. The number of methoxy groups -OCH3 is 1.